The van der Waals surface area contributed by atoms with Gasteiger partial charge in [0.2, 0.25) is 0 Å². The van der Waals surface area contributed by atoms with Crippen LogP contribution in [0.3, 0.4) is 0 Å². The van der Waals surface area contributed by atoms with Crippen LogP contribution < -0.4 is 5.73 Å². The maximum absolute atomic E-state index is 14.2. The Labute approximate surface area is 77.9 Å². The Morgan fingerprint density at radius 3 is 3.00 bits per heavy atom. The van der Waals surface area contributed by atoms with E-state index in [9.17, 15) is 4.39 Å². The minimum atomic E-state index is -1.15. The molecule has 2 rings (SSSR count). The summed E-state index contributed by atoms with van der Waals surface area (Å²) in [6.45, 7) is 0.728. The number of ether oxygens (including phenoxy) is 1. The average molecular weight is 185 g/mol. The molecule has 2 unspecified atom stereocenters. The highest BCUT2D eigenvalue weighted by Crippen LogP contribution is 2.41. The minimum Gasteiger partial charge on any atom is -0.501 e. The molecule has 13 heavy (non-hydrogen) atoms. The van der Waals surface area contributed by atoms with Crippen molar-refractivity contribution in [1.29, 1.82) is 0 Å². The molecule has 2 aliphatic rings. The van der Waals surface area contributed by atoms with E-state index in [1.54, 1.807) is 6.26 Å². The molecule has 74 valence electrons. The van der Waals surface area contributed by atoms with Crippen molar-refractivity contribution in [1.82, 2.24) is 0 Å². The van der Waals surface area contributed by atoms with Crippen LogP contribution in [0.2, 0.25) is 0 Å². The van der Waals surface area contributed by atoms with Crippen LogP contribution >= 0.6 is 0 Å². The summed E-state index contributed by atoms with van der Waals surface area (Å²) in [5.41, 5.74) is 5.38. The fourth-order valence-electron chi connectivity index (χ4n) is 2.22. The molecule has 0 bridgehead atoms. The predicted octanol–water partition coefficient (Wildman–Crippen LogP) is 1.90. The zero-order valence-corrected chi connectivity index (χ0v) is 7.76. The van der Waals surface area contributed by atoms with Crippen molar-refractivity contribution in [2.24, 2.45) is 5.73 Å². The third kappa shape index (κ3) is 1.70. The molecular formula is C10H16FNO. The SMILES string of the molecule is NC1CCC(F)(C2=COCCC2)C1. The zero-order chi connectivity index (χ0) is 9.31. The summed E-state index contributed by atoms with van der Waals surface area (Å²) in [4.78, 5) is 0. The van der Waals surface area contributed by atoms with Crippen LogP contribution in [0.25, 0.3) is 0 Å². The molecule has 1 fully saturated rings. The summed E-state index contributed by atoms with van der Waals surface area (Å²) in [6.07, 6.45) is 5.23. The van der Waals surface area contributed by atoms with Crippen LogP contribution in [-0.2, 0) is 4.74 Å². The lowest BCUT2D eigenvalue weighted by Gasteiger charge is -2.25. The molecular weight excluding hydrogens is 169 g/mol. The summed E-state index contributed by atoms with van der Waals surface area (Å²) < 4.78 is 19.4. The average Bonchev–Trinajstić information content (AvgIpc) is 2.49. The van der Waals surface area contributed by atoms with E-state index in [2.05, 4.69) is 0 Å². The molecule has 2 N–H and O–H groups in total. The number of nitrogens with two attached hydrogens (primary N) is 1. The summed E-state index contributed by atoms with van der Waals surface area (Å²) in [7, 11) is 0. The Hall–Kier alpha value is -0.570. The summed E-state index contributed by atoms with van der Waals surface area (Å²) in [5, 5.41) is 0. The summed E-state index contributed by atoms with van der Waals surface area (Å²) in [6, 6.07) is 0.0350. The Kier molecular flexibility index (Phi) is 2.28. The summed E-state index contributed by atoms with van der Waals surface area (Å²) in [5.74, 6) is 0. The van der Waals surface area contributed by atoms with Crippen molar-refractivity contribution < 1.29 is 9.13 Å². The molecule has 1 aliphatic carbocycles. The first-order chi connectivity index (χ1) is 6.21. The molecule has 0 aromatic rings. The first-order valence-corrected chi connectivity index (χ1v) is 4.96. The van der Waals surface area contributed by atoms with Gasteiger partial charge in [0.1, 0.15) is 5.67 Å². The Morgan fingerprint density at radius 2 is 2.46 bits per heavy atom. The standard InChI is InChI=1S/C10H16FNO/c11-10(4-3-9(12)6-10)8-2-1-5-13-7-8/h7,9H,1-6,12H2. The lowest BCUT2D eigenvalue weighted by molar-refractivity contribution is 0.165. The van der Waals surface area contributed by atoms with Gasteiger partial charge in [0.15, 0.2) is 0 Å². The van der Waals surface area contributed by atoms with Gasteiger partial charge >= 0.3 is 0 Å². The second-order valence-electron chi connectivity index (χ2n) is 4.09. The van der Waals surface area contributed by atoms with Crippen LogP contribution in [0, 0.1) is 0 Å². The van der Waals surface area contributed by atoms with Crippen molar-refractivity contribution in [3.8, 4) is 0 Å². The minimum absolute atomic E-state index is 0.0350. The van der Waals surface area contributed by atoms with E-state index in [0.29, 0.717) is 12.8 Å². The van der Waals surface area contributed by atoms with Gasteiger partial charge in [-0.2, -0.15) is 0 Å². The maximum atomic E-state index is 14.2. The topological polar surface area (TPSA) is 35.2 Å². The van der Waals surface area contributed by atoms with Gasteiger partial charge < -0.3 is 10.5 Å². The number of halogens is 1. The van der Waals surface area contributed by atoms with Crippen LogP contribution in [0.15, 0.2) is 11.8 Å². The highest BCUT2D eigenvalue weighted by Gasteiger charge is 2.41. The Bertz CT molecular complexity index is 229. The van der Waals surface area contributed by atoms with Crippen LogP contribution in [-0.4, -0.2) is 18.3 Å². The maximum Gasteiger partial charge on any atom is 0.136 e. The van der Waals surface area contributed by atoms with Gasteiger partial charge in [0, 0.05) is 18.0 Å². The second-order valence-corrected chi connectivity index (χ2v) is 4.09. The second kappa shape index (κ2) is 3.29. The first-order valence-electron chi connectivity index (χ1n) is 4.96. The largest absolute Gasteiger partial charge is 0.501 e. The third-order valence-electron chi connectivity index (χ3n) is 3.01. The van der Waals surface area contributed by atoms with E-state index < -0.39 is 5.67 Å². The van der Waals surface area contributed by atoms with Crippen LogP contribution in [0.4, 0.5) is 4.39 Å². The quantitative estimate of drug-likeness (QED) is 0.677. The van der Waals surface area contributed by atoms with E-state index in [1.807, 2.05) is 0 Å². The van der Waals surface area contributed by atoms with E-state index in [-0.39, 0.29) is 6.04 Å². The fourth-order valence-corrected chi connectivity index (χ4v) is 2.22. The van der Waals surface area contributed by atoms with Gasteiger partial charge in [0.25, 0.3) is 0 Å². The van der Waals surface area contributed by atoms with Gasteiger partial charge in [-0.05, 0) is 25.7 Å². The van der Waals surface area contributed by atoms with Gasteiger partial charge in [-0.15, -0.1) is 0 Å². The molecule has 1 saturated carbocycles. The van der Waals surface area contributed by atoms with E-state index in [0.717, 1.165) is 31.4 Å². The van der Waals surface area contributed by atoms with Gasteiger partial charge in [-0.3, -0.25) is 0 Å². The molecule has 1 aliphatic heterocycles. The van der Waals surface area contributed by atoms with E-state index in [4.69, 9.17) is 10.5 Å². The highest BCUT2D eigenvalue weighted by atomic mass is 19.1. The van der Waals surface area contributed by atoms with Crippen molar-refractivity contribution >= 4 is 0 Å². The van der Waals surface area contributed by atoms with Gasteiger partial charge in [0.05, 0.1) is 12.9 Å². The van der Waals surface area contributed by atoms with Crippen LogP contribution in [0.1, 0.15) is 32.1 Å². The van der Waals surface area contributed by atoms with Crippen molar-refractivity contribution in [2.75, 3.05) is 6.61 Å². The van der Waals surface area contributed by atoms with Gasteiger partial charge in [-0.1, -0.05) is 0 Å². The first kappa shape index (κ1) is 9.00. The fraction of sp³-hybridized carbons (Fsp3) is 0.800. The predicted molar refractivity (Wildman–Crippen MR) is 48.9 cm³/mol. The van der Waals surface area contributed by atoms with Crippen LogP contribution in [0.5, 0.6) is 0 Å². The molecule has 0 radical (unpaired) electrons. The normalized spacial score (nSPS) is 39.8. The van der Waals surface area contributed by atoms with Crippen molar-refractivity contribution in [3.63, 3.8) is 0 Å². The number of allylic oxidation sites excluding steroid dienone is 1. The Morgan fingerprint density at radius 1 is 1.62 bits per heavy atom. The smallest absolute Gasteiger partial charge is 0.136 e. The van der Waals surface area contributed by atoms with Gasteiger partial charge in [-0.25, -0.2) is 4.39 Å². The molecule has 1 heterocycles. The highest BCUT2D eigenvalue weighted by molar-refractivity contribution is 5.19. The zero-order valence-electron chi connectivity index (χ0n) is 7.76. The molecule has 0 aromatic heterocycles. The van der Waals surface area contributed by atoms with Crippen molar-refractivity contribution in [2.45, 2.75) is 43.8 Å². The lowest BCUT2D eigenvalue weighted by atomic mass is 9.90. The van der Waals surface area contributed by atoms with E-state index >= 15 is 0 Å². The summed E-state index contributed by atoms with van der Waals surface area (Å²) >= 11 is 0. The molecule has 0 amide bonds. The van der Waals surface area contributed by atoms with E-state index in [1.165, 1.54) is 0 Å². The third-order valence-corrected chi connectivity index (χ3v) is 3.01. The molecule has 0 saturated heterocycles. The monoisotopic (exact) mass is 185 g/mol. The molecule has 0 aromatic carbocycles. The number of hydrogen-bond donors (Lipinski definition) is 1. The number of hydrogen-bond acceptors (Lipinski definition) is 2. The molecule has 2 atom stereocenters. The molecule has 3 heteroatoms. The molecule has 0 spiro atoms. The number of rotatable bonds is 1. The Balaban J connectivity index is 2.10. The van der Waals surface area contributed by atoms with Crippen molar-refractivity contribution in [3.05, 3.63) is 11.8 Å². The lowest BCUT2D eigenvalue weighted by Crippen LogP contribution is -2.27. The molecule has 2 nitrogen and oxygen atoms in total. The number of alkyl halides is 1.